The molecule has 0 bridgehead atoms. The smallest absolute Gasteiger partial charge is 0.252 e. The second-order valence-electron chi connectivity index (χ2n) is 7.69. The maximum atomic E-state index is 13.0. The minimum atomic E-state index is -0.276. The molecule has 2 N–H and O–H groups in total. The number of fused-ring (bicyclic) bond motifs is 1. The summed E-state index contributed by atoms with van der Waals surface area (Å²) in [5.74, 6) is 0.586. The Morgan fingerprint density at radius 1 is 1.10 bits per heavy atom. The Hall–Kier alpha value is -3.12. The number of hydrogen-bond donors (Lipinski definition) is 2. The number of piperidine rings is 1. The predicted molar refractivity (Wildman–Crippen MR) is 118 cm³/mol. The highest BCUT2D eigenvalue weighted by atomic mass is 16.5. The van der Waals surface area contributed by atoms with Gasteiger partial charge in [0.2, 0.25) is 5.56 Å². The Morgan fingerprint density at radius 3 is 2.57 bits per heavy atom. The highest BCUT2D eigenvalue weighted by Crippen LogP contribution is 2.26. The molecule has 1 saturated heterocycles. The SMILES string of the molecule is COc1ccc(C(CNC(=O)c2cc(=O)[nH]c3ccccc23)N2CCCCC2)cc1. The van der Waals surface area contributed by atoms with Gasteiger partial charge in [0.1, 0.15) is 5.75 Å². The summed E-state index contributed by atoms with van der Waals surface area (Å²) in [6, 6.07) is 16.9. The molecule has 2 heterocycles. The number of para-hydroxylation sites is 1. The number of ether oxygens (including phenoxy) is 1. The van der Waals surface area contributed by atoms with Gasteiger partial charge in [0.15, 0.2) is 0 Å². The molecular weight excluding hydrogens is 378 g/mol. The molecule has 1 fully saturated rings. The lowest BCUT2D eigenvalue weighted by molar-refractivity contribution is 0.0926. The first-order valence-electron chi connectivity index (χ1n) is 10.4. The van der Waals surface area contributed by atoms with Crippen LogP contribution in [0.1, 0.15) is 41.2 Å². The summed E-state index contributed by atoms with van der Waals surface area (Å²) < 4.78 is 5.29. The fourth-order valence-electron chi connectivity index (χ4n) is 4.19. The van der Waals surface area contributed by atoms with E-state index in [4.69, 9.17) is 4.74 Å². The van der Waals surface area contributed by atoms with Gasteiger partial charge in [-0.3, -0.25) is 14.5 Å². The highest BCUT2D eigenvalue weighted by molar-refractivity contribution is 6.05. The molecule has 0 radical (unpaired) electrons. The Kier molecular flexibility index (Phi) is 6.14. The van der Waals surface area contributed by atoms with Crippen LogP contribution in [0.2, 0.25) is 0 Å². The number of carbonyl (C=O) groups is 1. The third-order valence-corrected chi connectivity index (χ3v) is 5.78. The van der Waals surface area contributed by atoms with Crippen LogP contribution in [0.4, 0.5) is 0 Å². The van der Waals surface area contributed by atoms with Gasteiger partial charge < -0.3 is 15.0 Å². The molecule has 0 aliphatic carbocycles. The number of H-pyrrole nitrogens is 1. The zero-order valence-corrected chi connectivity index (χ0v) is 17.2. The fourth-order valence-corrected chi connectivity index (χ4v) is 4.19. The summed E-state index contributed by atoms with van der Waals surface area (Å²) >= 11 is 0. The van der Waals surface area contributed by atoms with Gasteiger partial charge in [-0.2, -0.15) is 0 Å². The Balaban J connectivity index is 1.57. The van der Waals surface area contributed by atoms with Crippen LogP contribution >= 0.6 is 0 Å². The molecular formula is C24H27N3O3. The molecule has 2 aromatic carbocycles. The van der Waals surface area contributed by atoms with E-state index in [1.54, 1.807) is 13.2 Å². The number of pyridine rings is 1. The lowest BCUT2D eigenvalue weighted by atomic mass is 10.0. The van der Waals surface area contributed by atoms with Crippen LogP contribution in [0, 0.1) is 0 Å². The second-order valence-corrected chi connectivity index (χ2v) is 7.69. The van der Waals surface area contributed by atoms with Crippen molar-refractivity contribution in [1.29, 1.82) is 0 Å². The lowest BCUT2D eigenvalue weighted by Crippen LogP contribution is -2.40. The normalized spacial score (nSPS) is 15.6. The average Bonchev–Trinajstić information content (AvgIpc) is 2.79. The summed E-state index contributed by atoms with van der Waals surface area (Å²) in [4.78, 5) is 30.3. The first-order valence-corrected chi connectivity index (χ1v) is 10.4. The van der Waals surface area contributed by atoms with Gasteiger partial charge in [-0.05, 0) is 49.7 Å². The first kappa shape index (κ1) is 20.2. The minimum absolute atomic E-state index is 0.0772. The van der Waals surface area contributed by atoms with Crippen molar-refractivity contribution in [1.82, 2.24) is 15.2 Å². The number of nitrogens with zero attached hydrogens (tertiary/aromatic N) is 1. The summed E-state index contributed by atoms with van der Waals surface area (Å²) in [5.41, 5.74) is 1.94. The van der Waals surface area contributed by atoms with Crippen molar-refractivity contribution in [2.75, 3.05) is 26.7 Å². The van der Waals surface area contributed by atoms with Gasteiger partial charge in [0, 0.05) is 23.5 Å². The largest absolute Gasteiger partial charge is 0.497 e. The van der Waals surface area contributed by atoms with Crippen LogP contribution in [0.15, 0.2) is 59.4 Å². The molecule has 30 heavy (non-hydrogen) atoms. The van der Waals surface area contributed by atoms with Crippen LogP contribution in [-0.4, -0.2) is 42.5 Å². The monoisotopic (exact) mass is 405 g/mol. The van der Waals surface area contributed by atoms with Crippen molar-refractivity contribution in [3.8, 4) is 5.75 Å². The van der Waals surface area contributed by atoms with Gasteiger partial charge in [0.05, 0.1) is 18.7 Å². The van der Waals surface area contributed by atoms with E-state index in [0.29, 0.717) is 17.6 Å². The molecule has 1 atom stereocenters. The van der Waals surface area contributed by atoms with Crippen LogP contribution in [0.3, 0.4) is 0 Å². The van der Waals surface area contributed by atoms with Gasteiger partial charge in [-0.1, -0.05) is 36.8 Å². The molecule has 3 aromatic rings. The van der Waals surface area contributed by atoms with E-state index in [1.165, 1.54) is 25.3 Å². The van der Waals surface area contributed by atoms with Gasteiger partial charge in [0.25, 0.3) is 5.91 Å². The zero-order chi connectivity index (χ0) is 20.9. The van der Waals surface area contributed by atoms with Gasteiger partial charge in [-0.15, -0.1) is 0 Å². The second kappa shape index (κ2) is 9.13. The zero-order valence-electron chi connectivity index (χ0n) is 17.2. The molecule has 1 aliphatic heterocycles. The van der Waals surface area contributed by atoms with Crippen molar-refractivity contribution in [2.24, 2.45) is 0 Å². The van der Waals surface area contributed by atoms with Crippen molar-refractivity contribution < 1.29 is 9.53 Å². The Morgan fingerprint density at radius 2 is 1.83 bits per heavy atom. The quantitative estimate of drug-likeness (QED) is 0.658. The number of methoxy groups -OCH3 is 1. The molecule has 1 unspecified atom stereocenters. The maximum absolute atomic E-state index is 13.0. The Labute approximate surface area is 175 Å². The van der Waals surface area contributed by atoms with Gasteiger partial charge >= 0.3 is 0 Å². The Bertz CT molecular complexity index is 1070. The van der Waals surface area contributed by atoms with Crippen molar-refractivity contribution >= 4 is 16.8 Å². The maximum Gasteiger partial charge on any atom is 0.252 e. The number of nitrogens with one attached hydrogen (secondary N) is 2. The van der Waals surface area contributed by atoms with Crippen molar-refractivity contribution in [3.05, 3.63) is 76.1 Å². The van der Waals surface area contributed by atoms with Crippen LogP contribution < -0.4 is 15.6 Å². The number of likely N-dealkylation sites (tertiary alicyclic amines) is 1. The van der Waals surface area contributed by atoms with E-state index in [2.05, 4.69) is 27.3 Å². The molecule has 1 aromatic heterocycles. The average molecular weight is 405 g/mol. The van der Waals surface area contributed by atoms with Crippen LogP contribution in [-0.2, 0) is 0 Å². The molecule has 4 rings (SSSR count). The molecule has 0 saturated carbocycles. The number of carbonyl (C=O) groups excluding carboxylic acids is 1. The van der Waals surface area contributed by atoms with E-state index < -0.39 is 0 Å². The third kappa shape index (κ3) is 4.39. The minimum Gasteiger partial charge on any atom is -0.497 e. The molecule has 6 heteroatoms. The van der Waals surface area contributed by atoms with E-state index in [0.717, 1.165) is 29.8 Å². The van der Waals surface area contributed by atoms with Crippen molar-refractivity contribution in [2.45, 2.75) is 25.3 Å². The summed E-state index contributed by atoms with van der Waals surface area (Å²) in [7, 11) is 1.66. The molecule has 156 valence electrons. The summed E-state index contributed by atoms with van der Waals surface area (Å²) in [5, 5.41) is 3.82. The summed E-state index contributed by atoms with van der Waals surface area (Å²) in [6.07, 6.45) is 3.58. The third-order valence-electron chi connectivity index (χ3n) is 5.78. The van der Waals surface area contributed by atoms with E-state index >= 15 is 0 Å². The van der Waals surface area contributed by atoms with Gasteiger partial charge in [-0.25, -0.2) is 0 Å². The standard InChI is InChI=1S/C24H27N3O3/c1-30-18-11-9-17(10-12-18)22(27-13-5-2-6-14-27)16-25-24(29)20-15-23(28)26-21-8-4-3-7-19(20)21/h3-4,7-12,15,22H,2,5-6,13-14,16H2,1H3,(H,25,29)(H,26,28). The molecule has 1 amide bonds. The number of aromatic amines is 1. The molecule has 1 aliphatic rings. The van der Waals surface area contributed by atoms with E-state index in [1.807, 2.05) is 30.3 Å². The lowest BCUT2D eigenvalue weighted by Gasteiger charge is -2.35. The van der Waals surface area contributed by atoms with Crippen molar-refractivity contribution in [3.63, 3.8) is 0 Å². The topological polar surface area (TPSA) is 74.4 Å². The predicted octanol–water partition coefficient (Wildman–Crippen LogP) is 3.49. The molecule has 6 nitrogen and oxygen atoms in total. The number of amides is 1. The fraction of sp³-hybridized carbons (Fsp3) is 0.333. The number of rotatable bonds is 6. The highest BCUT2D eigenvalue weighted by Gasteiger charge is 2.23. The van der Waals surface area contributed by atoms with E-state index in [-0.39, 0.29) is 17.5 Å². The summed E-state index contributed by atoms with van der Waals surface area (Å²) in [6.45, 7) is 2.51. The molecule has 0 spiro atoms. The van der Waals surface area contributed by atoms with E-state index in [9.17, 15) is 9.59 Å². The number of benzene rings is 2. The number of hydrogen-bond acceptors (Lipinski definition) is 4. The van der Waals surface area contributed by atoms with Crippen LogP contribution in [0.5, 0.6) is 5.75 Å². The number of aromatic nitrogens is 1. The van der Waals surface area contributed by atoms with Crippen LogP contribution in [0.25, 0.3) is 10.9 Å². The first-order chi connectivity index (χ1) is 14.7.